The van der Waals surface area contributed by atoms with Crippen LogP contribution in [0.1, 0.15) is 81.8 Å². The van der Waals surface area contributed by atoms with Crippen LogP contribution in [0.4, 0.5) is 0 Å². The number of carbonyl (C=O) groups excluding carboxylic acids is 1. The van der Waals surface area contributed by atoms with Crippen LogP contribution in [0.25, 0.3) is 16.8 Å². The Morgan fingerprint density at radius 3 is 2.31 bits per heavy atom. The molecule has 2 aromatic carbocycles. The number of carbonyl (C=O) groups is 1. The number of amides is 1. The first-order valence-corrected chi connectivity index (χ1v) is 13.7. The maximum atomic E-state index is 12.8. The molecular weight excluding hydrogens is 446 g/mol. The number of hydrogen-bond donors (Lipinski definition) is 1. The summed E-state index contributed by atoms with van der Waals surface area (Å²) < 4.78 is 7.69. The van der Waals surface area contributed by atoms with Crippen molar-refractivity contribution in [2.24, 2.45) is 5.92 Å². The second-order valence-corrected chi connectivity index (χ2v) is 9.60. The van der Waals surface area contributed by atoms with Crippen LogP contribution in [-0.4, -0.2) is 35.2 Å². The summed E-state index contributed by atoms with van der Waals surface area (Å²) in [6.45, 7) is 8.75. The van der Waals surface area contributed by atoms with Gasteiger partial charge in [-0.2, -0.15) is 0 Å². The summed E-state index contributed by atoms with van der Waals surface area (Å²) in [5.41, 5.74) is 5.20. The molecule has 0 aliphatic carbocycles. The molecule has 0 aliphatic rings. The van der Waals surface area contributed by atoms with E-state index in [1.165, 1.54) is 43.2 Å². The third kappa shape index (κ3) is 8.34. The second kappa shape index (κ2) is 15.2. The lowest BCUT2D eigenvalue weighted by Crippen LogP contribution is -2.27. The smallest absolute Gasteiger partial charge is 0.269 e. The number of hydrogen-bond acceptors (Lipinski definition) is 3. The summed E-state index contributed by atoms with van der Waals surface area (Å²) in [6, 6.07) is 17.1. The number of aryl methyl sites for hydroxylation is 1. The van der Waals surface area contributed by atoms with Crippen molar-refractivity contribution in [3.8, 4) is 16.8 Å². The third-order valence-electron chi connectivity index (χ3n) is 6.77. The average Bonchev–Trinajstić information content (AvgIpc) is 3.41. The molecule has 5 nitrogen and oxygen atoms in total. The number of benzene rings is 2. The van der Waals surface area contributed by atoms with Gasteiger partial charge in [-0.25, -0.2) is 4.98 Å². The zero-order chi connectivity index (χ0) is 25.6. The van der Waals surface area contributed by atoms with E-state index in [1.807, 2.05) is 16.7 Å². The molecule has 5 heteroatoms. The Kier molecular flexibility index (Phi) is 11.7. The molecule has 1 atom stereocenters. The third-order valence-corrected chi connectivity index (χ3v) is 6.77. The minimum Gasteiger partial charge on any atom is -0.381 e. The molecule has 0 fully saturated rings. The first kappa shape index (κ1) is 27.7. The highest BCUT2D eigenvalue weighted by Gasteiger charge is 2.13. The van der Waals surface area contributed by atoms with Gasteiger partial charge in [-0.05, 0) is 60.4 Å². The van der Waals surface area contributed by atoms with E-state index in [9.17, 15) is 4.79 Å². The van der Waals surface area contributed by atoms with Gasteiger partial charge in [0.05, 0.1) is 12.5 Å². The van der Waals surface area contributed by atoms with E-state index < -0.39 is 0 Å². The van der Waals surface area contributed by atoms with Crippen molar-refractivity contribution in [3.05, 3.63) is 72.3 Å². The molecule has 1 amide bonds. The zero-order valence-electron chi connectivity index (χ0n) is 22.3. The zero-order valence-corrected chi connectivity index (χ0v) is 22.3. The SMILES string of the molecule is CCCCc1ccc(-c2ccc(-n3cncc3C(=O)NCCCOCC(CC)CCCC)cc2)cc1. The molecule has 0 spiro atoms. The quantitative estimate of drug-likeness (QED) is 0.216. The highest BCUT2D eigenvalue weighted by Crippen LogP contribution is 2.23. The van der Waals surface area contributed by atoms with Crippen LogP contribution in [-0.2, 0) is 11.2 Å². The summed E-state index contributed by atoms with van der Waals surface area (Å²) >= 11 is 0. The minimum atomic E-state index is -0.117. The molecule has 0 aliphatic heterocycles. The summed E-state index contributed by atoms with van der Waals surface area (Å²) in [5.74, 6) is 0.527. The first-order valence-electron chi connectivity index (χ1n) is 13.7. The molecule has 36 heavy (non-hydrogen) atoms. The van der Waals surface area contributed by atoms with Crippen molar-refractivity contribution in [2.45, 2.75) is 72.1 Å². The van der Waals surface area contributed by atoms with Gasteiger partial charge in [-0.3, -0.25) is 9.36 Å². The fourth-order valence-electron chi connectivity index (χ4n) is 4.34. The van der Waals surface area contributed by atoms with E-state index in [-0.39, 0.29) is 5.91 Å². The van der Waals surface area contributed by atoms with Gasteiger partial charge in [-0.15, -0.1) is 0 Å². The Balaban J connectivity index is 1.49. The van der Waals surface area contributed by atoms with Gasteiger partial charge < -0.3 is 10.1 Å². The van der Waals surface area contributed by atoms with Crippen LogP contribution in [0.5, 0.6) is 0 Å². The standard InChI is InChI=1S/C31H43N3O2/c1-4-7-10-25(6-3)23-36-21-9-20-33-31(35)30-22-32-24-34(30)29-18-16-28(17-19-29)27-14-12-26(13-15-27)11-8-5-2/h12-19,22,24-25H,4-11,20-21,23H2,1-3H3,(H,33,35). The van der Waals surface area contributed by atoms with Gasteiger partial charge >= 0.3 is 0 Å². The predicted octanol–water partition coefficient (Wildman–Crippen LogP) is 7.23. The normalized spacial score (nSPS) is 12.0. The van der Waals surface area contributed by atoms with Crippen molar-refractivity contribution in [3.63, 3.8) is 0 Å². The first-order chi connectivity index (χ1) is 17.7. The number of imidazole rings is 1. The number of nitrogens with zero attached hydrogens (tertiary/aromatic N) is 2. The molecular formula is C31H43N3O2. The molecule has 0 bridgehead atoms. The van der Waals surface area contributed by atoms with Crippen LogP contribution in [0.2, 0.25) is 0 Å². The lowest BCUT2D eigenvalue weighted by Gasteiger charge is -2.14. The largest absolute Gasteiger partial charge is 0.381 e. The van der Waals surface area contributed by atoms with Crippen molar-refractivity contribution >= 4 is 5.91 Å². The summed E-state index contributed by atoms with van der Waals surface area (Å²) in [6.07, 6.45) is 12.6. The van der Waals surface area contributed by atoms with Crippen LogP contribution >= 0.6 is 0 Å². The predicted molar refractivity (Wildman–Crippen MR) is 149 cm³/mol. The molecule has 1 N–H and O–H groups in total. The fourth-order valence-corrected chi connectivity index (χ4v) is 4.34. The maximum Gasteiger partial charge on any atom is 0.269 e. The molecule has 1 unspecified atom stereocenters. The minimum absolute atomic E-state index is 0.117. The summed E-state index contributed by atoms with van der Waals surface area (Å²) in [7, 11) is 0. The second-order valence-electron chi connectivity index (χ2n) is 9.60. The average molecular weight is 490 g/mol. The molecule has 0 saturated heterocycles. The fraction of sp³-hybridized carbons (Fsp3) is 0.484. The van der Waals surface area contributed by atoms with Crippen LogP contribution < -0.4 is 5.32 Å². The maximum absolute atomic E-state index is 12.8. The number of rotatable bonds is 16. The van der Waals surface area contributed by atoms with Crippen molar-refractivity contribution in [1.82, 2.24) is 14.9 Å². The van der Waals surface area contributed by atoms with Gasteiger partial charge in [0.25, 0.3) is 5.91 Å². The Morgan fingerprint density at radius 2 is 1.64 bits per heavy atom. The van der Waals surface area contributed by atoms with Crippen LogP contribution in [0.3, 0.4) is 0 Å². The van der Waals surface area contributed by atoms with Crippen LogP contribution in [0.15, 0.2) is 61.1 Å². The summed E-state index contributed by atoms with van der Waals surface area (Å²) in [5, 5.41) is 3.01. The topological polar surface area (TPSA) is 56.2 Å². The number of ether oxygens (including phenoxy) is 1. The molecule has 3 rings (SSSR count). The number of nitrogens with one attached hydrogen (secondary N) is 1. The highest BCUT2D eigenvalue weighted by atomic mass is 16.5. The lowest BCUT2D eigenvalue weighted by atomic mass is 10.0. The summed E-state index contributed by atoms with van der Waals surface area (Å²) in [4.78, 5) is 17.0. The van der Waals surface area contributed by atoms with Gasteiger partial charge in [0, 0.05) is 25.4 Å². The Hall–Kier alpha value is -2.92. The Bertz CT molecular complexity index is 1020. The van der Waals surface area contributed by atoms with E-state index in [4.69, 9.17) is 4.74 Å². The van der Waals surface area contributed by atoms with Crippen molar-refractivity contribution < 1.29 is 9.53 Å². The highest BCUT2D eigenvalue weighted by molar-refractivity contribution is 5.93. The van der Waals surface area contributed by atoms with E-state index in [2.05, 4.69) is 67.5 Å². The number of aromatic nitrogens is 2. The van der Waals surface area contributed by atoms with E-state index >= 15 is 0 Å². The number of unbranched alkanes of at least 4 members (excludes halogenated alkanes) is 2. The van der Waals surface area contributed by atoms with Gasteiger partial charge in [0.15, 0.2) is 0 Å². The Morgan fingerprint density at radius 1 is 0.944 bits per heavy atom. The van der Waals surface area contributed by atoms with Crippen LogP contribution in [0, 0.1) is 5.92 Å². The molecule has 1 heterocycles. The van der Waals surface area contributed by atoms with E-state index in [1.54, 1.807) is 12.5 Å². The molecule has 0 saturated carbocycles. The molecule has 0 radical (unpaired) electrons. The van der Waals surface area contributed by atoms with E-state index in [0.717, 1.165) is 37.1 Å². The Labute approximate surface area is 217 Å². The van der Waals surface area contributed by atoms with Crippen molar-refractivity contribution in [2.75, 3.05) is 19.8 Å². The van der Waals surface area contributed by atoms with Gasteiger partial charge in [0.1, 0.15) is 5.69 Å². The molecule has 1 aromatic heterocycles. The monoisotopic (exact) mass is 489 g/mol. The molecule has 3 aromatic rings. The van der Waals surface area contributed by atoms with Crippen molar-refractivity contribution in [1.29, 1.82) is 0 Å². The molecule has 194 valence electrons. The van der Waals surface area contributed by atoms with Gasteiger partial charge in [0.2, 0.25) is 0 Å². The lowest BCUT2D eigenvalue weighted by molar-refractivity contribution is 0.0872. The van der Waals surface area contributed by atoms with Gasteiger partial charge in [-0.1, -0.05) is 82.9 Å². The van der Waals surface area contributed by atoms with E-state index in [0.29, 0.717) is 24.8 Å².